The number of carboxylic acids is 1. The lowest BCUT2D eigenvalue weighted by atomic mass is 10.1. The average Bonchev–Trinajstić information content (AvgIpc) is 2.34. The molecule has 0 aliphatic rings. The van der Waals surface area contributed by atoms with Crippen molar-refractivity contribution >= 4 is 5.97 Å². The number of aryl methyl sites for hydroxylation is 1. The molecular weight excluding hydrogens is 202 g/mol. The van der Waals surface area contributed by atoms with Gasteiger partial charge in [0.15, 0.2) is 0 Å². The number of hydrogen-bond acceptors (Lipinski definition) is 2. The minimum atomic E-state index is -0.848. The summed E-state index contributed by atoms with van der Waals surface area (Å²) in [6.45, 7) is 1.57. The molecule has 0 saturated heterocycles. The maximum absolute atomic E-state index is 11.0. The average molecular weight is 220 g/mol. The summed E-state index contributed by atoms with van der Waals surface area (Å²) in [5.41, 5.74) is 1.14. The fourth-order valence-electron chi connectivity index (χ4n) is 1.48. The topological polar surface area (TPSA) is 49.3 Å². The van der Waals surface area contributed by atoms with Crippen molar-refractivity contribution < 1.29 is 11.3 Å². The van der Waals surface area contributed by atoms with E-state index in [1.54, 1.807) is 6.08 Å². The van der Waals surface area contributed by atoms with Crippen molar-refractivity contribution in [3.8, 4) is 0 Å². The zero-order valence-corrected chi connectivity index (χ0v) is 9.10. The molecule has 0 aliphatic heterocycles. The number of hydrogen-bond donors (Lipinski definition) is 2. The highest BCUT2D eigenvalue weighted by Crippen LogP contribution is 2.05. The maximum Gasteiger partial charge on any atom is 0.320 e. The second-order valence-electron chi connectivity index (χ2n) is 3.56. The molecule has 0 fully saturated rings. The van der Waals surface area contributed by atoms with Gasteiger partial charge in [0.05, 0.1) is 1.37 Å². The van der Waals surface area contributed by atoms with Gasteiger partial charge in [0.1, 0.15) is 6.04 Å². The molecule has 0 bridgehead atoms. The summed E-state index contributed by atoms with van der Waals surface area (Å²) >= 11 is 0. The van der Waals surface area contributed by atoms with Gasteiger partial charge in [0, 0.05) is 6.54 Å². The second-order valence-corrected chi connectivity index (χ2v) is 3.56. The monoisotopic (exact) mass is 220 g/mol. The van der Waals surface area contributed by atoms with Gasteiger partial charge in [-0.05, 0) is 18.4 Å². The molecule has 0 unspecified atom stereocenters. The van der Waals surface area contributed by atoms with E-state index in [-0.39, 0.29) is 0 Å². The van der Waals surface area contributed by atoms with E-state index in [2.05, 4.69) is 5.32 Å². The van der Waals surface area contributed by atoms with Crippen LogP contribution in [-0.4, -0.2) is 23.7 Å². The molecule has 0 saturated carbocycles. The Labute approximate surface area is 97.2 Å². The van der Waals surface area contributed by atoms with Gasteiger partial charge in [-0.15, -0.1) is 6.55 Å². The van der Waals surface area contributed by atoms with E-state index in [9.17, 15) is 4.79 Å². The first kappa shape index (κ1) is 10.9. The smallest absolute Gasteiger partial charge is 0.320 e. The first-order valence-corrected chi connectivity index (χ1v) is 5.27. The van der Waals surface area contributed by atoms with Crippen molar-refractivity contribution in [3.05, 3.63) is 48.5 Å². The number of aliphatic carboxylic acids is 1. The fourth-order valence-corrected chi connectivity index (χ4v) is 1.48. The Morgan fingerprint density at radius 3 is 2.94 bits per heavy atom. The van der Waals surface area contributed by atoms with Crippen molar-refractivity contribution in [1.82, 2.24) is 5.32 Å². The molecule has 2 N–H and O–H groups in total. The summed E-state index contributed by atoms with van der Waals surface area (Å²) < 4.78 is 6.82. The molecule has 0 radical (unpaired) electrons. The van der Waals surface area contributed by atoms with E-state index in [1.165, 1.54) is 0 Å². The summed E-state index contributed by atoms with van der Waals surface area (Å²) in [5.74, 6) is -0.848. The molecule has 1 atom stereocenters. The van der Waals surface area contributed by atoms with Gasteiger partial charge in [0.25, 0.3) is 0 Å². The van der Waals surface area contributed by atoms with Gasteiger partial charge >= 0.3 is 5.97 Å². The van der Waals surface area contributed by atoms with Crippen LogP contribution in [0.1, 0.15) is 13.4 Å². The standard InChI is InChI=1S/C13H17NO2/c1-2-10-14-12(13(15)16)9-8-11-6-4-3-5-7-11/h2-7,12,14H,1,8-10H2,(H,15,16)/t12-/m0/s1/i1D. The molecular formula is C13H17NO2. The summed E-state index contributed by atoms with van der Waals surface area (Å²) in [5, 5.41) is 11.9. The van der Waals surface area contributed by atoms with Crippen LogP contribution in [0, 0.1) is 0 Å². The predicted molar refractivity (Wildman–Crippen MR) is 64.4 cm³/mol. The van der Waals surface area contributed by atoms with E-state index in [4.69, 9.17) is 6.48 Å². The van der Waals surface area contributed by atoms with Crippen molar-refractivity contribution in [2.45, 2.75) is 18.9 Å². The SMILES string of the molecule is [2H]C=CCN[C@@H](CCc1ccccc1)C(=O)O. The lowest BCUT2D eigenvalue weighted by Gasteiger charge is -2.12. The molecule has 1 aromatic rings. The van der Waals surface area contributed by atoms with Crippen LogP contribution in [0.5, 0.6) is 0 Å². The summed E-state index contributed by atoms with van der Waals surface area (Å²) in [7, 11) is 0. The lowest BCUT2D eigenvalue weighted by molar-refractivity contribution is -0.139. The largest absolute Gasteiger partial charge is 0.480 e. The third-order valence-corrected chi connectivity index (χ3v) is 2.34. The molecule has 0 spiro atoms. The number of nitrogens with one attached hydrogen (secondary N) is 1. The van der Waals surface area contributed by atoms with E-state index in [1.807, 2.05) is 30.3 Å². The third kappa shape index (κ3) is 4.28. The van der Waals surface area contributed by atoms with Crippen LogP contribution in [0.25, 0.3) is 0 Å². The summed E-state index contributed by atoms with van der Waals surface area (Å²) in [6, 6.07) is 9.25. The Kier molecular flexibility index (Phi) is 4.63. The quantitative estimate of drug-likeness (QED) is 0.689. The zero-order chi connectivity index (χ0) is 12.5. The molecule has 0 aromatic heterocycles. The van der Waals surface area contributed by atoms with Crippen molar-refractivity contribution in [1.29, 1.82) is 0 Å². The number of benzene rings is 1. The van der Waals surface area contributed by atoms with Crippen LogP contribution in [0.4, 0.5) is 0 Å². The number of carbonyl (C=O) groups is 1. The Morgan fingerprint density at radius 1 is 1.56 bits per heavy atom. The molecule has 1 rings (SSSR count). The molecule has 3 heteroatoms. The van der Waals surface area contributed by atoms with Gasteiger partial charge in [-0.3, -0.25) is 4.79 Å². The van der Waals surface area contributed by atoms with E-state index in [0.717, 1.165) is 18.5 Å². The first-order valence-electron chi connectivity index (χ1n) is 5.85. The highest BCUT2D eigenvalue weighted by Gasteiger charge is 2.15. The van der Waals surface area contributed by atoms with Crippen LogP contribution in [0.3, 0.4) is 0 Å². The number of carboxylic acid groups (broad SMARTS) is 1. The molecule has 16 heavy (non-hydrogen) atoms. The maximum atomic E-state index is 11.0. The van der Waals surface area contributed by atoms with Gasteiger partial charge in [0.2, 0.25) is 0 Å². The normalized spacial score (nSPS) is 13.6. The van der Waals surface area contributed by atoms with Crippen LogP contribution < -0.4 is 5.32 Å². The van der Waals surface area contributed by atoms with Crippen molar-refractivity contribution in [2.75, 3.05) is 6.54 Å². The number of rotatable bonds is 7. The predicted octanol–water partition coefficient (Wildman–Crippen LogP) is 1.85. The van der Waals surface area contributed by atoms with Crippen LogP contribution in [0.15, 0.2) is 43.0 Å². The third-order valence-electron chi connectivity index (χ3n) is 2.34. The second kappa shape index (κ2) is 6.80. The molecule has 0 amide bonds. The minimum Gasteiger partial charge on any atom is -0.480 e. The van der Waals surface area contributed by atoms with Crippen molar-refractivity contribution in [3.63, 3.8) is 0 Å². The van der Waals surface area contributed by atoms with Crippen LogP contribution in [-0.2, 0) is 11.2 Å². The Hall–Kier alpha value is -1.61. The van der Waals surface area contributed by atoms with E-state index >= 15 is 0 Å². The summed E-state index contributed by atoms with van der Waals surface area (Å²) in [6.07, 6.45) is 2.86. The van der Waals surface area contributed by atoms with Crippen molar-refractivity contribution in [2.24, 2.45) is 0 Å². The van der Waals surface area contributed by atoms with Crippen LogP contribution >= 0.6 is 0 Å². The Bertz CT molecular complexity index is 365. The van der Waals surface area contributed by atoms with Crippen LogP contribution in [0.2, 0.25) is 0 Å². The van der Waals surface area contributed by atoms with Gasteiger partial charge < -0.3 is 10.4 Å². The molecule has 3 nitrogen and oxygen atoms in total. The Balaban J connectivity index is 2.42. The van der Waals surface area contributed by atoms with Gasteiger partial charge in [-0.2, -0.15) is 0 Å². The highest BCUT2D eigenvalue weighted by atomic mass is 16.4. The first-order chi connectivity index (χ1) is 8.24. The van der Waals surface area contributed by atoms with Gasteiger partial charge in [-0.25, -0.2) is 0 Å². The minimum absolute atomic E-state index is 0.412. The lowest BCUT2D eigenvalue weighted by Crippen LogP contribution is -2.37. The molecule has 1 aromatic carbocycles. The van der Waals surface area contributed by atoms with E-state index in [0.29, 0.717) is 13.0 Å². The molecule has 0 aliphatic carbocycles. The summed E-state index contributed by atoms with van der Waals surface area (Å²) in [4.78, 5) is 11.0. The molecule has 86 valence electrons. The fraction of sp³-hybridized carbons (Fsp3) is 0.308. The molecule has 0 heterocycles. The zero-order valence-electron chi connectivity index (χ0n) is 10.1. The van der Waals surface area contributed by atoms with Gasteiger partial charge in [-0.1, -0.05) is 36.4 Å². The Morgan fingerprint density at radius 2 is 2.31 bits per heavy atom. The van der Waals surface area contributed by atoms with E-state index < -0.39 is 12.0 Å². The highest BCUT2D eigenvalue weighted by molar-refractivity contribution is 5.73.